The van der Waals surface area contributed by atoms with Crippen molar-refractivity contribution in [2.45, 2.75) is 25.5 Å². The highest BCUT2D eigenvalue weighted by Crippen LogP contribution is 2.35. The van der Waals surface area contributed by atoms with E-state index in [1.807, 2.05) is 0 Å². The number of thiocarbonyl (C=S) groups is 1. The molecule has 1 aliphatic rings. The molecule has 0 amide bonds. The third-order valence-electron chi connectivity index (χ3n) is 3.72. The summed E-state index contributed by atoms with van der Waals surface area (Å²) in [6, 6.07) is 10.9. The molecule has 2 aromatic rings. The second-order valence-corrected chi connectivity index (χ2v) is 6.57. The van der Waals surface area contributed by atoms with Crippen LogP contribution in [-0.2, 0) is 0 Å². The molecule has 7 heteroatoms. The van der Waals surface area contributed by atoms with E-state index in [1.54, 1.807) is 23.5 Å². The Kier molecular flexibility index (Phi) is 5.07. The van der Waals surface area contributed by atoms with Crippen molar-refractivity contribution in [3.8, 4) is 5.75 Å². The average molecular weight is 354 g/mol. The normalized spacial score (nSPS) is 17.5. The molecule has 1 aliphatic heterocycles. The van der Waals surface area contributed by atoms with Gasteiger partial charge in [-0.1, -0.05) is 6.07 Å². The molecule has 2 heterocycles. The van der Waals surface area contributed by atoms with Crippen molar-refractivity contribution in [1.82, 2.24) is 4.90 Å². The highest BCUT2D eigenvalue weighted by Gasteiger charge is 2.28. The first-order valence-electron chi connectivity index (χ1n) is 7.29. The van der Waals surface area contributed by atoms with E-state index >= 15 is 0 Å². The van der Waals surface area contributed by atoms with Gasteiger partial charge in [0.1, 0.15) is 5.75 Å². The van der Waals surface area contributed by atoms with Crippen LogP contribution >= 0.6 is 23.6 Å². The Labute approximate surface area is 142 Å². The number of benzene rings is 1. The van der Waals surface area contributed by atoms with Gasteiger partial charge in [0.15, 0.2) is 5.11 Å². The lowest BCUT2D eigenvalue weighted by Crippen LogP contribution is -2.33. The highest BCUT2D eigenvalue weighted by molar-refractivity contribution is 7.80. The number of halogens is 2. The van der Waals surface area contributed by atoms with Gasteiger partial charge in [-0.25, -0.2) is 0 Å². The molecular weight excluding hydrogens is 338 g/mol. The fourth-order valence-corrected chi connectivity index (χ4v) is 3.91. The monoisotopic (exact) mass is 354 g/mol. The molecule has 23 heavy (non-hydrogen) atoms. The predicted molar refractivity (Wildman–Crippen MR) is 92.3 cm³/mol. The first-order chi connectivity index (χ1) is 11.1. The van der Waals surface area contributed by atoms with Crippen molar-refractivity contribution in [2.75, 3.05) is 11.9 Å². The zero-order valence-electron chi connectivity index (χ0n) is 12.2. The van der Waals surface area contributed by atoms with Crippen LogP contribution in [0.5, 0.6) is 5.75 Å². The minimum atomic E-state index is -2.81. The van der Waals surface area contributed by atoms with Crippen LogP contribution in [-0.4, -0.2) is 23.2 Å². The standard InChI is InChI=1S/C16H16F2N2OS2/c17-15(18)21-12-7-5-11(6-8-12)19-16(22)20-9-1-3-13(20)14-4-2-10-23-14/h2,4-8,10,13,15H,1,3,9H2,(H,19,22)/t13-/m1/s1. The molecule has 0 radical (unpaired) electrons. The Morgan fingerprint density at radius 1 is 1.30 bits per heavy atom. The Bertz CT molecular complexity index is 647. The first-order valence-corrected chi connectivity index (χ1v) is 8.58. The van der Waals surface area contributed by atoms with Gasteiger partial charge in [-0.2, -0.15) is 8.78 Å². The van der Waals surface area contributed by atoms with Crippen LogP contribution in [0, 0.1) is 0 Å². The smallest absolute Gasteiger partial charge is 0.387 e. The first kappa shape index (κ1) is 16.1. The number of alkyl halides is 2. The second kappa shape index (κ2) is 7.23. The lowest BCUT2D eigenvalue weighted by Gasteiger charge is -2.27. The van der Waals surface area contributed by atoms with E-state index in [9.17, 15) is 8.78 Å². The van der Waals surface area contributed by atoms with Crippen LogP contribution in [0.4, 0.5) is 14.5 Å². The number of thiophene rings is 1. The van der Waals surface area contributed by atoms with Crippen molar-refractivity contribution in [3.63, 3.8) is 0 Å². The van der Waals surface area contributed by atoms with Crippen LogP contribution in [0.25, 0.3) is 0 Å². The maximum absolute atomic E-state index is 12.1. The van der Waals surface area contributed by atoms with Crippen molar-refractivity contribution < 1.29 is 13.5 Å². The fraction of sp³-hybridized carbons (Fsp3) is 0.312. The molecule has 0 bridgehead atoms. The Morgan fingerprint density at radius 3 is 2.74 bits per heavy atom. The number of hydrogen-bond acceptors (Lipinski definition) is 3. The maximum atomic E-state index is 12.1. The van der Waals surface area contributed by atoms with Gasteiger partial charge in [0.2, 0.25) is 0 Å². The molecule has 0 unspecified atom stereocenters. The molecule has 1 aromatic carbocycles. The summed E-state index contributed by atoms with van der Waals surface area (Å²) >= 11 is 7.26. The molecule has 0 aliphatic carbocycles. The molecule has 1 fully saturated rings. The van der Waals surface area contributed by atoms with E-state index in [4.69, 9.17) is 12.2 Å². The predicted octanol–water partition coefficient (Wildman–Crippen LogP) is 4.88. The van der Waals surface area contributed by atoms with Crippen LogP contribution in [0.3, 0.4) is 0 Å². The van der Waals surface area contributed by atoms with E-state index in [1.165, 1.54) is 17.0 Å². The topological polar surface area (TPSA) is 24.5 Å². The molecule has 122 valence electrons. The van der Waals surface area contributed by atoms with Crippen LogP contribution < -0.4 is 10.1 Å². The molecule has 1 saturated heterocycles. The van der Waals surface area contributed by atoms with Gasteiger partial charge in [0.25, 0.3) is 0 Å². The molecule has 0 saturated carbocycles. The Morgan fingerprint density at radius 2 is 2.09 bits per heavy atom. The summed E-state index contributed by atoms with van der Waals surface area (Å²) in [7, 11) is 0. The number of rotatable bonds is 4. The summed E-state index contributed by atoms with van der Waals surface area (Å²) < 4.78 is 28.6. The number of nitrogens with one attached hydrogen (secondary N) is 1. The van der Waals surface area contributed by atoms with Gasteiger partial charge >= 0.3 is 6.61 Å². The molecule has 3 nitrogen and oxygen atoms in total. The molecule has 0 spiro atoms. The number of nitrogens with zero attached hydrogens (tertiary/aromatic N) is 1. The summed E-state index contributed by atoms with van der Waals surface area (Å²) in [5.74, 6) is 0.133. The SMILES string of the molecule is FC(F)Oc1ccc(NC(=S)N2CCC[C@@H]2c2cccs2)cc1. The third-order valence-corrected chi connectivity index (χ3v) is 5.03. The molecular formula is C16H16F2N2OS2. The van der Waals surface area contributed by atoms with Crippen molar-refractivity contribution in [2.24, 2.45) is 0 Å². The van der Waals surface area contributed by atoms with Gasteiger partial charge in [0, 0.05) is 17.1 Å². The lowest BCUT2D eigenvalue weighted by atomic mass is 10.2. The third kappa shape index (κ3) is 3.97. The van der Waals surface area contributed by atoms with E-state index < -0.39 is 6.61 Å². The van der Waals surface area contributed by atoms with Crippen LogP contribution in [0.2, 0.25) is 0 Å². The van der Waals surface area contributed by atoms with Crippen molar-refractivity contribution in [1.29, 1.82) is 0 Å². The zero-order valence-corrected chi connectivity index (χ0v) is 13.9. The summed E-state index contributed by atoms with van der Waals surface area (Å²) in [4.78, 5) is 3.50. The van der Waals surface area contributed by atoms with E-state index in [0.29, 0.717) is 11.2 Å². The minimum absolute atomic E-state index is 0.133. The number of ether oxygens (including phenoxy) is 1. The fourth-order valence-electron chi connectivity index (χ4n) is 2.70. The number of hydrogen-bond donors (Lipinski definition) is 1. The van der Waals surface area contributed by atoms with E-state index in [-0.39, 0.29) is 5.75 Å². The summed E-state index contributed by atoms with van der Waals surface area (Å²) in [5.41, 5.74) is 0.758. The van der Waals surface area contributed by atoms with Gasteiger partial charge in [-0.15, -0.1) is 11.3 Å². The molecule has 1 aromatic heterocycles. The summed E-state index contributed by atoms with van der Waals surface area (Å²) in [6.07, 6.45) is 2.19. The zero-order chi connectivity index (χ0) is 16.2. The van der Waals surface area contributed by atoms with Gasteiger partial charge < -0.3 is 15.0 Å². The Balaban J connectivity index is 1.64. The van der Waals surface area contributed by atoms with Crippen LogP contribution in [0.15, 0.2) is 41.8 Å². The Hall–Kier alpha value is -1.73. The lowest BCUT2D eigenvalue weighted by molar-refractivity contribution is -0.0498. The van der Waals surface area contributed by atoms with Crippen molar-refractivity contribution in [3.05, 3.63) is 46.7 Å². The number of anilines is 1. The number of likely N-dealkylation sites (tertiary alicyclic amines) is 1. The van der Waals surface area contributed by atoms with Gasteiger partial charge in [-0.05, 0) is 60.8 Å². The summed E-state index contributed by atoms with van der Waals surface area (Å²) in [6.45, 7) is -1.90. The second-order valence-electron chi connectivity index (χ2n) is 5.20. The van der Waals surface area contributed by atoms with Crippen molar-refractivity contribution >= 4 is 34.4 Å². The highest BCUT2D eigenvalue weighted by atomic mass is 32.1. The van der Waals surface area contributed by atoms with Gasteiger partial charge in [0.05, 0.1) is 6.04 Å². The molecule has 1 atom stereocenters. The largest absolute Gasteiger partial charge is 0.435 e. The minimum Gasteiger partial charge on any atom is -0.435 e. The maximum Gasteiger partial charge on any atom is 0.387 e. The quantitative estimate of drug-likeness (QED) is 0.791. The van der Waals surface area contributed by atoms with E-state index in [0.717, 1.165) is 25.1 Å². The average Bonchev–Trinajstić information content (AvgIpc) is 3.19. The van der Waals surface area contributed by atoms with Crippen LogP contribution in [0.1, 0.15) is 23.8 Å². The molecule has 1 N–H and O–H groups in total. The van der Waals surface area contributed by atoms with Gasteiger partial charge in [-0.3, -0.25) is 0 Å². The van der Waals surface area contributed by atoms with E-state index in [2.05, 4.69) is 32.5 Å². The molecule has 3 rings (SSSR count). The summed E-state index contributed by atoms with van der Waals surface area (Å²) in [5, 5.41) is 5.90.